The summed E-state index contributed by atoms with van der Waals surface area (Å²) in [5, 5.41) is 12.5. The highest BCUT2D eigenvalue weighted by Gasteiger charge is 2.11. The number of benzene rings is 2. The molecular formula is C17H18BrNO4. The normalized spacial score (nSPS) is 10.3. The molecule has 2 rings (SSSR count). The first kappa shape index (κ1) is 17.3. The molecule has 23 heavy (non-hydrogen) atoms. The van der Waals surface area contributed by atoms with E-state index in [-0.39, 0.29) is 17.2 Å². The molecule has 0 saturated carbocycles. The van der Waals surface area contributed by atoms with Crippen molar-refractivity contribution in [2.24, 2.45) is 0 Å². The molecule has 0 spiro atoms. The zero-order chi connectivity index (χ0) is 16.7. The van der Waals surface area contributed by atoms with Crippen LogP contribution < -0.4 is 10.1 Å². The van der Waals surface area contributed by atoms with Crippen molar-refractivity contribution in [3.8, 4) is 11.5 Å². The van der Waals surface area contributed by atoms with Crippen molar-refractivity contribution in [3.63, 3.8) is 0 Å². The number of methoxy groups -OCH3 is 1. The summed E-state index contributed by atoms with van der Waals surface area (Å²) in [6.45, 7) is 1.33. The first-order valence-corrected chi connectivity index (χ1v) is 7.87. The van der Waals surface area contributed by atoms with E-state index in [9.17, 15) is 9.90 Å². The summed E-state index contributed by atoms with van der Waals surface area (Å²) in [7, 11) is 1.62. The minimum absolute atomic E-state index is 0.0534. The molecule has 0 saturated heterocycles. The van der Waals surface area contributed by atoms with Crippen LogP contribution in [0.25, 0.3) is 0 Å². The van der Waals surface area contributed by atoms with Gasteiger partial charge in [-0.15, -0.1) is 0 Å². The quantitative estimate of drug-likeness (QED) is 0.725. The Morgan fingerprint density at radius 1 is 1.22 bits per heavy atom. The monoisotopic (exact) mass is 379 g/mol. The van der Waals surface area contributed by atoms with Gasteiger partial charge in [-0.25, -0.2) is 0 Å². The molecule has 0 radical (unpaired) electrons. The molecule has 5 nitrogen and oxygen atoms in total. The smallest absolute Gasteiger partial charge is 0.255 e. The van der Waals surface area contributed by atoms with E-state index in [4.69, 9.17) is 9.47 Å². The van der Waals surface area contributed by atoms with E-state index in [0.29, 0.717) is 19.8 Å². The maximum Gasteiger partial charge on any atom is 0.255 e. The standard InChI is InChI=1S/C17H18BrNO4/c1-22-7-8-23-14-4-2-3-12(9-14)11-19-17(21)15-10-13(18)5-6-16(15)20/h2-6,9-10,20H,7-8,11H2,1H3,(H,19,21). The number of amides is 1. The number of hydrogen-bond acceptors (Lipinski definition) is 4. The lowest BCUT2D eigenvalue weighted by Crippen LogP contribution is -2.22. The SMILES string of the molecule is COCCOc1cccc(CNC(=O)c2cc(Br)ccc2O)c1. The van der Waals surface area contributed by atoms with Crippen molar-refractivity contribution in [1.82, 2.24) is 5.32 Å². The summed E-state index contributed by atoms with van der Waals surface area (Å²) in [5.74, 6) is 0.330. The van der Waals surface area contributed by atoms with Crippen LogP contribution in [0.3, 0.4) is 0 Å². The summed E-state index contributed by atoms with van der Waals surface area (Å²) >= 11 is 3.28. The third-order valence-electron chi connectivity index (χ3n) is 3.11. The number of rotatable bonds is 7. The van der Waals surface area contributed by atoms with Gasteiger partial charge < -0.3 is 19.9 Å². The molecule has 2 N–H and O–H groups in total. The zero-order valence-corrected chi connectivity index (χ0v) is 14.3. The van der Waals surface area contributed by atoms with Gasteiger partial charge >= 0.3 is 0 Å². The Hall–Kier alpha value is -2.05. The number of ether oxygens (including phenoxy) is 2. The molecule has 122 valence electrons. The summed E-state index contributed by atoms with van der Waals surface area (Å²) in [5.41, 5.74) is 1.13. The van der Waals surface area contributed by atoms with Gasteiger partial charge in [-0.2, -0.15) is 0 Å². The van der Waals surface area contributed by atoms with E-state index >= 15 is 0 Å². The predicted octanol–water partition coefficient (Wildman–Crippen LogP) is 3.11. The molecular weight excluding hydrogens is 362 g/mol. The maximum atomic E-state index is 12.1. The highest BCUT2D eigenvalue weighted by molar-refractivity contribution is 9.10. The minimum Gasteiger partial charge on any atom is -0.507 e. The van der Waals surface area contributed by atoms with E-state index in [1.54, 1.807) is 19.2 Å². The number of hydrogen-bond donors (Lipinski definition) is 2. The molecule has 0 aromatic heterocycles. The molecule has 0 heterocycles. The highest BCUT2D eigenvalue weighted by Crippen LogP contribution is 2.22. The second kappa shape index (κ2) is 8.55. The topological polar surface area (TPSA) is 67.8 Å². The first-order valence-electron chi connectivity index (χ1n) is 7.07. The van der Waals surface area contributed by atoms with Crippen molar-refractivity contribution in [1.29, 1.82) is 0 Å². The van der Waals surface area contributed by atoms with Crippen LogP contribution in [0.4, 0.5) is 0 Å². The Kier molecular flexibility index (Phi) is 6.43. The fourth-order valence-corrected chi connectivity index (χ4v) is 2.32. The van der Waals surface area contributed by atoms with E-state index in [2.05, 4.69) is 21.2 Å². The molecule has 0 aliphatic rings. The van der Waals surface area contributed by atoms with Gasteiger partial charge in [-0.3, -0.25) is 4.79 Å². The summed E-state index contributed by atoms with van der Waals surface area (Å²) in [4.78, 5) is 12.1. The summed E-state index contributed by atoms with van der Waals surface area (Å²) < 4.78 is 11.2. The Morgan fingerprint density at radius 3 is 2.83 bits per heavy atom. The van der Waals surface area contributed by atoms with Crippen LogP contribution in [0.2, 0.25) is 0 Å². The number of phenols is 1. The van der Waals surface area contributed by atoms with Gasteiger partial charge in [0.15, 0.2) is 0 Å². The van der Waals surface area contributed by atoms with Crippen LogP contribution in [-0.2, 0) is 11.3 Å². The third kappa shape index (κ3) is 5.26. The number of nitrogens with one attached hydrogen (secondary N) is 1. The molecule has 0 fully saturated rings. The molecule has 2 aromatic carbocycles. The lowest BCUT2D eigenvalue weighted by atomic mass is 10.1. The van der Waals surface area contributed by atoms with E-state index in [1.807, 2.05) is 24.3 Å². The molecule has 2 aromatic rings. The Balaban J connectivity index is 1.96. The molecule has 0 atom stereocenters. The zero-order valence-electron chi connectivity index (χ0n) is 12.7. The Morgan fingerprint density at radius 2 is 2.04 bits per heavy atom. The number of phenolic OH excluding ortho intramolecular Hbond substituents is 1. The molecule has 0 bridgehead atoms. The van der Waals surface area contributed by atoms with E-state index < -0.39 is 0 Å². The van der Waals surface area contributed by atoms with Crippen molar-refractivity contribution in [2.75, 3.05) is 20.3 Å². The van der Waals surface area contributed by atoms with Crippen LogP contribution in [0.15, 0.2) is 46.9 Å². The maximum absolute atomic E-state index is 12.1. The second-order valence-corrected chi connectivity index (χ2v) is 5.75. The molecule has 6 heteroatoms. The minimum atomic E-state index is -0.338. The van der Waals surface area contributed by atoms with Gasteiger partial charge in [0.05, 0.1) is 12.2 Å². The summed E-state index contributed by atoms with van der Waals surface area (Å²) in [6.07, 6.45) is 0. The molecule has 0 aliphatic heterocycles. The largest absolute Gasteiger partial charge is 0.507 e. The van der Waals surface area contributed by atoms with Gasteiger partial charge in [0, 0.05) is 18.1 Å². The van der Waals surface area contributed by atoms with Crippen LogP contribution >= 0.6 is 15.9 Å². The van der Waals surface area contributed by atoms with Gasteiger partial charge in [0.25, 0.3) is 5.91 Å². The lowest BCUT2D eigenvalue weighted by molar-refractivity contribution is 0.0948. The van der Waals surface area contributed by atoms with Crippen LogP contribution in [0.1, 0.15) is 15.9 Å². The number of aromatic hydroxyl groups is 1. The van der Waals surface area contributed by atoms with Gasteiger partial charge in [-0.1, -0.05) is 28.1 Å². The van der Waals surface area contributed by atoms with Crippen LogP contribution in [-0.4, -0.2) is 31.3 Å². The van der Waals surface area contributed by atoms with E-state index in [0.717, 1.165) is 15.8 Å². The first-order chi connectivity index (χ1) is 11.1. The van der Waals surface area contributed by atoms with Crippen molar-refractivity contribution >= 4 is 21.8 Å². The fourth-order valence-electron chi connectivity index (χ4n) is 1.96. The lowest BCUT2D eigenvalue weighted by Gasteiger charge is -2.09. The van der Waals surface area contributed by atoms with Crippen LogP contribution in [0, 0.1) is 0 Å². The van der Waals surface area contributed by atoms with Crippen molar-refractivity contribution < 1.29 is 19.4 Å². The average molecular weight is 380 g/mol. The number of halogens is 1. The molecule has 1 amide bonds. The van der Waals surface area contributed by atoms with Crippen molar-refractivity contribution in [2.45, 2.75) is 6.54 Å². The Bertz CT molecular complexity index is 675. The van der Waals surface area contributed by atoms with Gasteiger partial charge in [-0.05, 0) is 35.9 Å². The fraction of sp³-hybridized carbons (Fsp3) is 0.235. The average Bonchev–Trinajstić information content (AvgIpc) is 2.55. The molecule has 0 aliphatic carbocycles. The highest BCUT2D eigenvalue weighted by atomic mass is 79.9. The van der Waals surface area contributed by atoms with E-state index in [1.165, 1.54) is 6.07 Å². The predicted molar refractivity (Wildman–Crippen MR) is 90.8 cm³/mol. The molecule has 0 unspecified atom stereocenters. The second-order valence-electron chi connectivity index (χ2n) is 4.83. The van der Waals surface area contributed by atoms with Crippen LogP contribution in [0.5, 0.6) is 11.5 Å². The van der Waals surface area contributed by atoms with Gasteiger partial charge in [0.1, 0.15) is 18.1 Å². The van der Waals surface area contributed by atoms with Gasteiger partial charge in [0.2, 0.25) is 0 Å². The third-order valence-corrected chi connectivity index (χ3v) is 3.60. The van der Waals surface area contributed by atoms with Crippen molar-refractivity contribution in [3.05, 3.63) is 58.1 Å². The number of carbonyl (C=O) groups excluding carboxylic acids is 1. The number of carbonyl (C=O) groups is 1. The Labute approximate surface area is 143 Å². The summed E-state index contributed by atoms with van der Waals surface area (Å²) in [6, 6.07) is 12.2.